The number of nitrogens with zero attached hydrogens (tertiary/aromatic N) is 1. The van der Waals surface area contributed by atoms with Crippen LogP contribution in [0.4, 0.5) is 11.4 Å². The van der Waals surface area contributed by atoms with Crippen LogP contribution in [0.2, 0.25) is 0 Å². The minimum absolute atomic E-state index is 0.226. The van der Waals surface area contributed by atoms with Crippen LogP contribution in [0.15, 0.2) is 18.2 Å². The van der Waals surface area contributed by atoms with Crippen LogP contribution in [0.3, 0.4) is 0 Å². The smallest absolute Gasteiger partial charge is 0.338 e. The fourth-order valence-electron chi connectivity index (χ4n) is 1.97. The lowest BCUT2D eigenvalue weighted by Gasteiger charge is -2.21. The number of nitrogen functional groups attached to an aromatic ring is 1. The molecule has 0 atom stereocenters. The zero-order valence-electron chi connectivity index (χ0n) is 12.3. The first-order valence-electron chi connectivity index (χ1n) is 6.98. The van der Waals surface area contributed by atoms with E-state index in [-0.39, 0.29) is 12.6 Å². The predicted molar refractivity (Wildman–Crippen MR) is 81.0 cm³/mol. The van der Waals surface area contributed by atoms with Gasteiger partial charge in [-0.15, -0.1) is 0 Å². The highest BCUT2D eigenvalue weighted by Crippen LogP contribution is 2.24. The molecule has 0 bridgehead atoms. The van der Waals surface area contributed by atoms with E-state index in [9.17, 15) is 4.79 Å². The number of carbonyl (C=O) groups is 1. The molecule has 0 heterocycles. The number of hydrogen-bond acceptors (Lipinski definition) is 5. The van der Waals surface area contributed by atoms with Crippen LogP contribution in [0, 0.1) is 0 Å². The van der Waals surface area contributed by atoms with Crippen LogP contribution in [0.5, 0.6) is 0 Å². The van der Waals surface area contributed by atoms with Crippen molar-refractivity contribution >= 4 is 17.3 Å². The summed E-state index contributed by atoms with van der Waals surface area (Å²) < 4.78 is 4.99. The van der Waals surface area contributed by atoms with E-state index in [4.69, 9.17) is 15.6 Å². The highest BCUT2D eigenvalue weighted by molar-refractivity contribution is 5.92. The largest absolute Gasteiger partial charge is 0.462 e. The summed E-state index contributed by atoms with van der Waals surface area (Å²) in [4.78, 5) is 13.7. The molecule has 0 aliphatic carbocycles. The Balaban J connectivity index is 2.72. The van der Waals surface area contributed by atoms with Crippen LogP contribution in [0.25, 0.3) is 0 Å². The van der Waals surface area contributed by atoms with Gasteiger partial charge in [0.2, 0.25) is 0 Å². The topological polar surface area (TPSA) is 75.8 Å². The maximum absolute atomic E-state index is 11.7. The molecular formula is C15H24N2O3. The number of ether oxygens (including phenoxy) is 1. The summed E-state index contributed by atoms with van der Waals surface area (Å²) in [6.07, 6.45) is 2.75. The van der Waals surface area contributed by atoms with Gasteiger partial charge in [0, 0.05) is 20.2 Å². The Hall–Kier alpha value is -1.75. The molecule has 0 aliphatic heterocycles. The molecule has 0 spiro atoms. The number of nitrogens with two attached hydrogens (primary N) is 1. The van der Waals surface area contributed by atoms with Crippen molar-refractivity contribution in [3.8, 4) is 0 Å². The number of carbonyl (C=O) groups excluding carboxylic acids is 1. The fourth-order valence-corrected chi connectivity index (χ4v) is 1.97. The summed E-state index contributed by atoms with van der Waals surface area (Å²) in [5.74, 6) is -0.331. The van der Waals surface area contributed by atoms with Crippen molar-refractivity contribution in [3.05, 3.63) is 23.8 Å². The van der Waals surface area contributed by atoms with Gasteiger partial charge in [-0.1, -0.05) is 0 Å². The lowest BCUT2D eigenvalue weighted by atomic mass is 10.1. The summed E-state index contributed by atoms with van der Waals surface area (Å²) in [5.41, 5.74) is 7.95. The van der Waals surface area contributed by atoms with E-state index < -0.39 is 0 Å². The van der Waals surface area contributed by atoms with Gasteiger partial charge in [-0.3, -0.25) is 0 Å². The number of benzene rings is 1. The minimum Gasteiger partial charge on any atom is -0.462 e. The molecular weight excluding hydrogens is 256 g/mol. The van der Waals surface area contributed by atoms with E-state index in [2.05, 4.69) is 0 Å². The van der Waals surface area contributed by atoms with E-state index in [0.717, 1.165) is 31.5 Å². The second-order valence-electron chi connectivity index (χ2n) is 4.70. The molecule has 0 saturated heterocycles. The van der Waals surface area contributed by atoms with E-state index >= 15 is 0 Å². The van der Waals surface area contributed by atoms with Gasteiger partial charge in [0.15, 0.2) is 0 Å². The Labute approximate surface area is 120 Å². The first-order chi connectivity index (χ1) is 9.60. The maximum Gasteiger partial charge on any atom is 0.338 e. The molecule has 5 nitrogen and oxygen atoms in total. The third-order valence-corrected chi connectivity index (χ3v) is 3.10. The minimum atomic E-state index is -0.331. The monoisotopic (exact) mass is 280 g/mol. The summed E-state index contributed by atoms with van der Waals surface area (Å²) >= 11 is 0. The first-order valence-corrected chi connectivity index (χ1v) is 6.98. The van der Waals surface area contributed by atoms with E-state index in [1.54, 1.807) is 25.1 Å². The quantitative estimate of drug-likeness (QED) is 0.433. The summed E-state index contributed by atoms with van der Waals surface area (Å²) in [5, 5.41) is 8.76. The Morgan fingerprint density at radius 1 is 1.35 bits per heavy atom. The van der Waals surface area contributed by atoms with Crippen molar-refractivity contribution in [2.75, 3.05) is 37.4 Å². The normalized spacial score (nSPS) is 10.3. The van der Waals surface area contributed by atoms with Crippen LogP contribution in [-0.4, -0.2) is 37.9 Å². The van der Waals surface area contributed by atoms with Gasteiger partial charge in [-0.05, 0) is 44.4 Å². The van der Waals surface area contributed by atoms with E-state index in [1.807, 2.05) is 11.9 Å². The van der Waals surface area contributed by atoms with Crippen LogP contribution < -0.4 is 10.6 Å². The van der Waals surface area contributed by atoms with Gasteiger partial charge in [0.1, 0.15) is 0 Å². The Morgan fingerprint density at radius 3 is 2.75 bits per heavy atom. The number of aliphatic hydroxyl groups excluding tert-OH is 1. The molecule has 0 radical (unpaired) electrons. The first kappa shape index (κ1) is 16.3. The van der Waals surface area contributed by atoms with Gasteiger partial charge in [-0.25, -0.2) is 4.79 Å². The third kappa shape index (κ3) is 4.74. The van der Waals surface area contributed by atoms with Crippen molar-refractivity contribution in [2.45, 2.75) is 26.2 Å². The molecule has 1 aromatic carbocycles. The molecule has 5 heteroatoms. The number of rotatable bonds is 8. The Morgan fingerprint density at radius 2 is 2.10 bits per heavy atom. The van der Waals surface area contributed by atoms with Gasteiger partial charge in [0.25, 0.3) is 0 Å². The van der Waals surface area contributed by atoms with Crippen molar-refractivity contribution in [3.63, 3.8) is 0 Å². The molecule has 0 amide bonds. The Kier molecular flexibility index (Phi) is 6.87. The van der Waals surface area contributed by atoms with Crippen molar-refractivity contribution in [1.82, 2.24) is 0 Å². The molecule has 1 rings (SSSR count). The highest BCUT2D eigenvalue weighted by Gasteiger charge is 2.11. The summed E-state index contributed by atoms with van der Waals surface area (Å²) in [6.45, 7) is 3.19. The SMILES string of the molecule is CCOC(=O)c1ccc(N)c(N(C)CCCCCO)c1. The number of aliphatic hydroxyl groups is 1. The molecule has 0 aromatic heterocycles. The average Bonchev–Trinajstić information content (AvgIpc) is 2.44. The molecule has 20 heavy (non-hydrogen) atoms. The van der Waals surface area contributed by atoms with Gasteiger partial charge >= 0.3 is 5.97 Å². The van der Waals surface area contributed by atoms with Crippen molar-refractivity contribution in [1.29, 1.82) is 0 Å². The average molecular weight is 280 g/mol. The zero-order valence-corrected chi connectivity index (χ0v) is 12.3. The molecule has 0 aliphatic rings. The number of esters is 1. The predicted octanol–water partition coefficient (Wildman–Crippen LogP) is 2.04. The number of unbranched alkanes of at least 4 members (excludes halogenated alkanes) is 2. The molecule has 0 fully saturated rings. The van der Waals surface area contributed by atoms with Crippen molar-refractivity contribution < 1.29 is 14.6 Å². The summed E-state index contributed by atoms with van der Waals surface area (Å²) in [7, 11) is 1.94. The van der Waals surface area contributed by atoms with Gasteiger partial charge < -0.3 is 20.5 Å². The zero-order chi connectivity index (χ0) is 15.0. The molecule has 0 saturated carbocycles. The van der Waals surface area contributed by atoms with Crippen LogP contribution >= 0.6 is 0 Å². The van der Waals surface area contributed by atoms with Crippen molar-refractivity contribution in [2.24, 2.45) is 0 Å². The van der Waals surface area contributed by atoms with Crippen LogP contribution in [0.1, 0.15) is 36.5 Å². The fraction of sp³-hybridized carbons (Fsp3) is 0.533. The Bertz CT molecular complexity index is 435. The second-order valence-corrected chi connectivity index (χ2v) is 4.70. The third-order valence-electron chi connectivity index (χ3n) is 3.10. The lowest BCUT2D eigenvalue weighted by Crippen LogP contribution is -2.20. The lowest BCUT2D eigenvalue weighted by molar-refractivity contribution is 0.0526. The highest BCUT2D eigenvalue weighted by atomic mass is 16.5. The second kappa shape index (κ2) is 8.43. The maximum atomic E-state index is 11.7. The van der Waals surface area contributed by atoms with Crippen LogP contribution in [-0.2, 0) is 4.74 Å². The standard InChI is InChI=1S/C15H24N2O3/c1-3-20-15(19)12-7-8-13(16)14(11-12)17(2)9-5-4-6-10-18/h7-8,11,18H,3-6,9-10,16H2,1-2H3. The number of hydrogen-bond donors (Lipinski definition) is 2. The molecule has 112 valence electrons. The number of anilines is 2. The van der Waals surface area contributed by atoms with E-state index in [1.165, 1.54) is 0 Å². The van der Waals surface area contributed by atoms with Gasteiger partial charge in [0.05, 0.1) is 23.5 Å². The molecule has 3 N–H and O–H groups in total. The summed E-state index contributed by atoms with van der Waals surface area (Å²) in [6, 6.07) is 5.17. The molecule has 0 unspecified atom stereocenters. The molecule has 1 aromatic rings. The van der Waals surface area contributed by atoms with Gasteiger partial charge in [-0.2, -0.15) is 0 Å². The van der Waals surface area contributed by atoms with E-state index in [0.29, 0.717) is 17.9 Å².